The second kappa shape index (κ2) is 7.28. The zero-order valence-electron chi connectivity index (χ0n) is 12.1. The van der Waals surface area contributed by atoms with E-state index in [0.29, 0.717) is 24.5 Å². The first-order chi connectivity index (χ1) is 10.2. The van der Waals surface area contributed by atoms with E-state index in [1.54, 1.807) is 19.4 Å². The summed E-state index contributed by atoms with van der Waals surface area (Å²) in [5.74, 6) is 1.20. The van der Waals surface area contributed by atoms with Crippen molar-refractivity contribution < 1.29 is 14.3 Å². The topological polar surface area (TPSA) is 60.5 Å². The highest BCUT2D eigenvalue weighted by molar-refractivity contribution is 5.94. The maximum Gasteiger partial charge on any atom is 0.253 e. The van der Waals surface area contributed by atoms with Gasteiger partial charge in [0.05, 0.1) is 25.5 Å². The molecular formula is C16H18N2O3. The fourth-order valence-corrected chi connectivity index (χ4v) is 1.81. The Hall–Kier alpha value is -2.56. The number of hydrogen-bond donors (Lipinski definition) is 1. The zero-order chi connectivity index (χ0) is 15.1. The molecule has 5 heteroatoms. The number of pyridine rings is 1. The number of amides is 1. The monoisotopic (exact) mass is 286 g/mol. The summed E-state index contributed by atoms with van der Waals surface area (Å²) >= 11 is 0. The van der Waals surface area contributed by atoms with E-state index in [0.717, 1.165) is 11.3 Å². The molecule has 2 rings (SSSR count). The van der Waals surface area contributed by atoms with Crippen LogP contribution in [0, 0.1) is 0 Å². The normalized spacial score (nSPS) is 10.0. The van der Waals surface area contributed by atoms with Crippen LogP contribution in [0.15, 0.2) is 42.7 Å². The number of nitrogens with zero attached hydrogens (tertiary/aromatic N) is 1. The lowest BCUT2D eigenvalue weighted by Crippen LogP contribution is -2.22. The minimum absolute atomic E-state index is 0.185. The van der Waals surface area contributed by atoms with Crippen LogP contribution in [0.1, 0.15) is 22.8 Å². The lowest BCUT2D eigenvalue weighted by molar-refractivity contribution is 0.0950. The van der Waals surface area contributed by atoms with Crippen LogP contribution in [0.3, 0.4) is 0 Å². The van der Waals surface area contributed by atoms with Crippen molar-refractivity contribution in [2.45, 2.75) is 13.5 Å². The number of nitrogens with one attached hydrogen (secondary N) is 1. The number of carbonyl (C=O) groups is 1. The van der Waals surface area contributed by atoms with Crippen molar-refractivity contribution >= 4 is 5.91 Å². The molecule has 1 aromatic carbocycles. The molecule has 1 heterocycles. The zero-order valence-corrected chi connectivity index (χ0v) is 12.1. The van der Waals surface area contributed by atoms with Crippen molar-refractivity contribution in [3.63, 3.8) is 0 Å². The number of hydrogen-bond acceptors (Lipinski definition) is 4. The molecule has 0 aliphatic rings. The maximum atomic E-state index is 12.0. The molecule has 0 atom stereocenters. The van der Waals surface area contributed by atoms with E-state index < -0.39 is 0 Å². The smallest absolute Gasteiger partial charge is 0.253 e. The summed E-state index contributed by atoms with van der Waals surface area (Å²) in [5.41, 5.74) is 1.47. The summed E-state index contributed by atoms with van der Waals surface area (Å²) in [7, 11) is 1.54. The molecule has 2 aromatic rings. The van der Waals surface area contributed by atoms with E-state index in [1.807, 2.05) is 31.2 Å². The van der Waals surface area contributed by atoms with Crippen LogP contribution in [0.5, 0.6) is 11.5 Å². The molecule has 0 bridgehead atoms. The third-order valence-electron chi connectivity index (χ3n) is 2.90. The van der Waals surface area contributed by atoms with E-state index in [1.165, 1.54) is 6.20 Å². The van der Waals surface area contributed by atoms with E-state index in [4.69, 9.17) is 9.47 Å². The molecule has 0 saturated heterocycles. The molecule has 0 saturated carbocycles. The minimum atomic E-state index is -0.185. The molecule has 0 fully saturated rings. The molecule has 0 unspecified atom stereocenters. The van der Waals surface area contributed by atoms with Gasteiger partial charge in [-0.05, 0) is 30.7 Å². The summed E-state index contributed by atoms with van der Waals surface area (Å²) in [5, 5.41) is 2.84. The van der Waals surface area contributed by atoms with E-state index >= 15 is 0 Å². The Balaban J connectivity index is 1.93. The molecule has 5 nitrogen and oxygen atoms in total. The van der Waals surface area contributed by atoms with E-state index in [2.05, 4.69) is 10.3 Å². The largest absolute Gasteiger partial charge is 0.495 e. The van der Waals surface area contributed by atoms with Gasteiger partial charge in [0.2, 0.25) is 0 Å². The van der Waals surface area contributed by atoms with Crippen LogP contribution in [0.25, 0.3) is 0 Å². The van der Waals surface area contributed by atoms with Gasteiger partial charge in [0.25, 0.3) is 5.91 Å². The summed E-state index contributed by atoms with van der Waals surface area (Å²) in [4.78, 5) is 16.0. The van der Waals surface area contributed by atoms with Crippen LogP contribution >= 0.6 is 0 Å². The molecule has 0 radical (unpaired) electrons. The van der Waals surface area contributed by atoms with Gasteiger partial charge in [-0.2, -0.15) is 0 Å². The van der Waals surface area contributed by atoms with Crippen molar-refractivity contribution in [3.05, 3.63) is 53.9 Å². The fourth-order valence-electron chi connectivity index (χ4n) is 1.81. The Kier molecular flexibility index (Phi) is 5.15. The molecule has 1 aromatic heterocycles. The molecule has 0 aliphatic heterocycles. The second-order valence-electron chi connectivity index (χ2n) is 4.37. The Morgan fingerprint density at radius 1 is 1.19 bits per heavy atom. The van der Waals surface area contributed by atoms with Crippen molar-refractivity contribution in [1.29, 1.82) is 0 Å². The molecule has 1 N–H and O–H groups in total. The van der Waals surface area contributed by atoms with Crippen LogP contribution < -0.4 is 14.8 Å². The first-order valence-electron chi connectivity index (χ1n) is 6.72. The summed E-state index contributed by atoms with van der Waals surface area (Å²) in [6.07, 6.45) is 3.07. The fraction of sp³-hybridized carbons (Fsp3) is 0.250. The number of ether oxygens (including phenoxy) is 2. The minimum Gasteiger partial charge on any atom is -0.495 e. The average molecular weight is 286 g/mol. The first kappa shape index (κ1) is 14.8. The first-order valence-corrected chi connectivity index (χ1v) is 6.72. The standard InChI is InChI=1S/C16H18N2O3/c1-3-21-14-6-4-12(5-7-14)9-18-16(19)13-8-15(20-2)11-17-10-13/h4-8,10-11H,3,9H2,1-2H3,(H,18,19). The third-order valence-corrected chi connectivity index (χ3v) is 2.90. The number of rotatable bonds is 6. The van der Waals surface area contributed by atoms with Gasteiger partial charge in [-0.15, -0.1) is 0 Å². The SMILES string of the molecule is CCOc1ccc(CNC(=O)c2cncc(OC)c2)cc1. The van der Waals surface area contributed by atoms with Crippen molar-refractivity contribution in [3.8, 4) is 11.5 Å². The van der Waals surface area contributed by atoms with Crippen LogP contribution in [-0.2, 0) is 6.54 Å². The lowest BCUT2D eigenvalue weighted by Gasteiger charge is -2.07. The highest BCUT2D eigenvalue weighted by atomic mass is 16.5. The Bertz CT molecular complexity index is 597. The Morgan fingerprint density at radius 2 is 1.95 bits per heavy atom. The van der Waals surface area contributed by atoms with Gasteiger partial charge in [-0.25, -0.2) is 0 Å². The number of carbonyl (C=O) groups excluding carboxylic acids is 1. The molecule has 0 spiro atoms. The van der Waals surface area contributed by atoms with Crippen LogP contribution in [-0.4, -0.2) is 24.6 Å². The van der Waals surface area contributed by atoms with Crippen molar-refractivity contribution in [2.75, 3.05) is 13.7 Å². The van der Waals surface area contributed by atoms with Gasteiger partial charge in [-0.3, -0.25) is 9.78 Å². The quantitative estimate of drug-likeness (QED) is 0.886. The Morgan fingerprint density at radius 3 is 2.62 bits per heavy atom. The van der Waals surface area contributed by atoms with Crippen LogP contribution in [0.4, 0.5) is 0 Å². The van der Waals surface area contributed by atoms with Gasteiger partial charge < -0.3 is 14.8 Å². The van der Waals surface area contributed by atoms with Gasteiger partial charge in [-0.1, -0.05) is 12.1 Å². The van der Waals surface area contributed by atoms with Gasteiger partial charge in [0.1, 0.15) is 11.5 Å². The van der Waals surface area contributed by atoms with E-state index in [9.17, 15) is 4.79 Å². The highest BCUT2D eigenvalue weighted by Gasteiger charge is 2.07. The summed E-state index contributed by atoms with van der Waals surface area (Å²) in [6.45, 7) is 3.03. The Labute approximate surface area is 123 Å². The lowest BCUT2D eigenvalue weighted by atomic mass is 10.2. The summed E-state index contributed by atoms with van der Waals surface area (Å²) < 4.78 is 10.4. The molecule has 21 heavy (non-hydrogen) atoms. The predicted octanol–water partition coefficient (Wildman–Crippen LogP) is 2.42. The number of aromatic nitrogens is 1. The molecule has 110 valence electrons. The third kappa shape index (κ3) is 4.21. The molecule has 0 aliphatic carbocycles. The number of methoxy groups -OCH3 is 1. The average Bonchev–Trinajstić information content (AvgIpc) is 2.54. The highest BCUT2D eigenvalue weighted by Crippen LogP contribution is 2.13. The second-order valence-corrected chi connectivity index (χ2v) is 4.37. The number of benzene rings is 1. The molecular weight excluding hydrogens is 268 g/mol. The molecule has 1 amide bonds. The van der Waals surface area contributed by atoms with Gasteiger partial charge >= 0.3 is 0 Å². The van der Waals surface area contributed by atoms with Gasteiger partial charge in [0.15, 0.2) is 0 Å². The van der Waals surface area contributed by atoms with Gasteiger partial charge in [0, 0.05) is 12.7 Å². The van der Waals surface area contributed by atoms with Crippen molar-refractivity contribution in [2.24, 2.45) is 0 Å². The maximum absolute atomic E-state index is 12.0. The van der Waals surface area contributed by atoms with E-state index in [-0.39, 0.29) is 5.91 Å². The van der Waals surface area contributed by atoms with Crippen LogP contribution in [0.2, 0.25) is 0 Å². The summed E-state index contributed by atoms with van der Waals surface area (Å²) in [6, 6.07) is 9.28. The van der Waals surface area contributed by atoms with Crippen molar-refractivity contribution in [1.82, 2.24) is 10.3 Å². The predicted molar refractivity (Wildman–Crippen MR) is 79.6 cm³/mol.